The zero-order valence-electron chi connectivity index (χ0n) is 15.2. The molecule has 1 amide bonds. The zero-order valence-corrected chi connectivity index (χ0v) is 17.5. The molecule has 0 bridgehead atoms. The van der Waals surface area contributed by atoms with Crippen molar-refractivity contribution < 1.29 is 19.0 Å². The Kier molecular flexibility index (Phi) is 6.50. The van der Waals surface area contributed by atoms with Crippen molar-refractivity contribution in [2.45, 2.75) is 18.9 Å². The van der Waals surface area contributed by atoms with E-state index in [9.17, 15) is 4.79 Å². The lowest BCUT2D eigenvalue weighted by Crippen LogP contribution is -2.34. The van der Waals surface area contributed by atoms with E-state index in [1.54, 1.807) is 26.4 Å². The van der Waals surface area contributed by atoms with Gasteiger partial charge in [0.2, 0.25) is 0 Å². The Hall–Kier alpha value is -1.92. The summed E-state index contributed by atoms with van der Waals surface area (Å²) in [5, 5.41) is 0.465. The minimum absolute atomic E-state index is 0.0395. The van der Waals surface area contributed by atoms with Gasteiger partial charge in [-0.15, -0.1) is 0 Å². The van der Waals surface area contributed by atoms with Crippen LogP contribution in [-0.4, -0.2) is 38.2 Å². The summed E-state index contributed by atoms with van der Waals surface area (Å²) in [7, 11) is 3.24. The molecule has 0 saturated carbocycles. The number of halogens is 2. The van der Waals surface area contributed by atoms with Crippen LogP contribution in [0.3, 0.4) is 0 Å². The van der Waals surface area contributed by atoms with Crippen LogP contribution in [0.2, 0.25) is 5.02 Å². The molecule has 1 aliphatic heterocycles. The first-order valence-electron chi connectivity index (χ1n) is 8.62. The monoisotopic (exact) mass is 453 g/mol. The highest BCUT2D eigenvalue weighted by Gasteiger charge is 2.32. The highest BCUT2D eigenvalue weighted by Crippen LogP contribution is 2.38. The molecule has 0 aliphatic carbocycles. The lowest BCUT2D eigenvalue weighted by molar-refractivity contribution is -0.134. The molecular weight excluding hydrogens is 434 g/mol. The Bertz CT molecular complexity index is 830. The summed E-state index contributed by atoms with van der Waals surface area (Å²) in [5.74, 6) is 1.86. The van der Waals surface area contributed by atoms with Crippen LogP contribution in [0.15, 0.2) is 40.9 Å². The summed E-state index contributed by atoms with van der Waals surface area (Å²) in [6.45, 7) is 0.631. The van der Waals surface area contributed by atoms with Crippen molar-refractivity contribution in [3.63, 3.8) is 0 Å². The number of ether oxygens (including phenoxy) is 3. The third kappa shape index (κ3) is 4.50. The number of carbonyl (C=O) groups is 1. The molecular formula is C20H21BrClNO4. The number of rotatable bonds is 6. The molecule has 1 aliphatic rings. The van der Waals surface area contributed by atoms with Gasteiger partial charge < -0.3 is 19.1 Å². The Labute approximate surface area is 172 Å². The van der Waals surface area contributed by atoms with Crippen molar-refractivity contribution in [2.75, 3.05) is 27.4 Å². The normalized spacial score (nSPS) is 16.3. The predicted octanol–water partition coefficient (Wildman–Crippen LogP) is 4.86. The van der Waals surface area contributed by atoms with Crippen LogP contribution in [0.25, 0.3) is 0 Å². The van der Waals surface area contributed by atoms with E-state index in [2.05, 4.69) is 15.9 Å². The third-order valence-corrected chi connectivity index (χ3v) is 5.41. The van der Waals surface area contributed by atoms with E-state index < -0.39 is 0 Å². The first-order valence-corrected chi connectivity index (χ1v) is 9.80. The van der Waals surface area contributed by atoms with Gasteiger partial charge in [0, 0.05) is 22.6 Å². The Morgan fingerprint density at radius 1 is 1.19 bits per heavy atom. The molecule has 3 rings (SSSR count). The van der Waals surface area contributed by atoms with Crippen LogP contribution in [0, 0.1) is 0 Å². The van der Waals surface area contributed by atoms with Crippen LogP contribution >= 0.6 is 27.5 Å². The number of hydrogen-bond donors (Lipinski definition) is 0. The first-order chi connectivity index (χ1) is 13.0. The molecule has 2 aromatic rings. The second-order valence-electron chi connectivity index (χ2n) is 6.22. The topological polar surface area (TPSA) is 48.0 Å². The van der Waals surface area contributed by atoms with Gasteiger partial charge in [-0.05, 0) is 43.2 Å². The van der Waals surface area contributed by atoms with E-state index in [1.165, 1.54) is 0 Å². The standard InChI is InChI=1S/C20H21BrClNO4/c1-25-14-6-7-15(19(11-14)26-2)17-4-3-9-23(17)20(24)12-27-18-8-5-13(21)10-16(18)22/h5-8,10-11,17H,3-4,9,12H2,1-2H3/t17-/m1/s1. The molecule has 0 radical (unpaired) electrons. The van der Waals surface area contributed by atoms with E-state index in [0.717, 1.165) is 34.4 Å². The molecule has 27 heavy (non-hydrogen) atoms. The molecule has 1 fully saturated rings. The molecule has 5 nitrogen and oxygen atoms in total. The van der Waals surface area contributed by atoms with E-state index in [0.29, 0.717) is 17.3 Å². The quantitative estimate of drug-likeness (QED) is 0.625. The molecule has 2 aromatic carbocycles. The maximum absolute atomic E-state index is 12.8. The fourth-order valence-corrected chi connectivity index (χ4v) is 4.02. The lowest BCUT2D eigenvalue weighted by Gasteiger charge is -2.26. The van der Waals surface area contributed by atoms with Gasteiger partial charge in [0.25, 0.3) is 5.91 Å². The number of amides is 1. The Morgan fingerprint density at radius 2 is 2.00 bits per heavy atom. The van der Waals surface area contributed by atoms with Gasteiger partial charge in [0.15, 0.2) is 6.61 Å². The highest BCUT2D eigenvalue weighted by atomic mass is 79.9. The molecule has 7 heteroatoms. The molecule has 0 spiro atoms. The van der Waals surface area contributed by atoms with Crippen LogP contribution in [-0.2, 0) is 4.79 Å². The Balaban J connectivity index is 1.73. The second kappa shape index (κ2) is 8.85. The molecule has 0 aromatic heterocycles. The third-order valence-electron chi connectivity index (χ3n) is 4.62. The fraction of sp³-hybridized carbons (Fsp3) is 0.350. The highest BCUT2D eigenvalue weighted by molar-refractivity contribution is 9.10. The van der Waals surface area contributed by atoms with Crippen molar-refractivity contribution in [3.05, 3.63) is 51.5 Å². The molecule has 0 N–H and O–H groups in total. The number of nitrogens with zero attached hydrogens (tertiary/aromatic N) is 1. The maximum Gasteiger partial charge on any atom is 0.261 e. The lowest BCUT2D eigenvalue weighted by atomic mass is 10.0. The molecule has 0 unspecified atom stereocenters. The SMILES string of the molecule is COc1ccc([C@H]2CCCN2C(=O)COc2ccc(Br)cc2Cl)c(OC)c1. The minimum Gasteiger partial charge on any atom is -0.497 e. The average Bonchev–Trinajstić information content (AvgIpc) is 3.16. The van der Waals surface area contributed by atoms with Crippen molar-refractivity contribution in [1.82, 2.24) is 4.90 Å². The van der Waals surface area contributed by atoms with Gasteiger partial charge in [-0.1, -0.05) is 27.5 Å². The smallest absolute Gasteiger partial charge is 0.261 e. The average molecular weight is 455 g/mol. The van der Waals surface area contributed by atoms with E-state index >= 15 is 0 Å². The van der Waals surface area contributed by atoms with Gasteiger partial charge in [-0.25, -0.2) is 0 Å². The molecule has 144 valence electrons. The molecule has 1 heterocycles. The number of carbonyl (C=O) groups excluding carboxylic acids is 1. The van der Waals surface area contributed by atoms with Gasteiger partial charge in [0.05, 0.1) is 25.3 Å². The zero-order chi connectivity index (χ0) is 19.4. The number of hydrogen-bond acceptors (Lipinski definition) is 4. The fourth-order valence-electron chi connectivity index (χ4n) is 3.30. The number of benzene rings is 2. The molecule has 1 saturated heterocycles. The maximum atomic E-state index is 12.8. The van der Waals surface area contributed by atoms with Crippen LogP contribution < -0.4 is 14.2 Å². The summed E-state index contributed by atoms with van der Waals surface area (Å²) < 4.78 is 17.3. The van der Waals surface area contributed by atoms with Crippen LogP contribution in [0.1, 0.15) is 24.4 Å². The number of likely N-dealkylation sites (tertiary alicyclic amines) is 1. The van der Waals surface area contributed by atoms with Crippen molar-refractivity contribution in [1.29, 1.82) is 0 Å². The second-order valence-corrected chi connectivity index (χ2v) is 7.54. The number of methoxy groups -OCH3 is 2. The van der Waals surface area contributed by atoms with Gasteiger partial charge in [-0.2, -0.15) is 0 Å². The van der Waals surface area contributed by atoms with Gasteiger partial charge in [-0.3, -0.25) is 4.79 Å². The predicted molar refractivity (Wildman–Crippen MR) is 108 cm³/mol. The minimum atomic E-state index is -0.0747. The summed E-state index contributed by atoms with van der Waals surface area (Å²) in [4.78, 5) is 14.6. The van der Waals surface area contributed by atoms with Gasteiger partial charge >= 0.3 is 0 Å². The summed E-state index contributed by atoms with van der Waals surface area (Å²) in [5.41, 5.74) is 0.978. The van der Waals surface area contributed by atoms with Gasteiger partial charge in [0.1, 0.15) is 17.2 Å². The van der Waals surface area contributed by atoms with Crippen LogP contribution in [0.4, 0.5) is 0 Å². The van der Waals surface area contributed by atoms with E-state index in [4.69, 9.17) is 25.8 Å². The molecule has 1 atom stereocenters. The van der Waals surface area contributed by atoms with Crippen molar-refractivity contribution >= 4 is 33.4 Å². The largest absolute Gasteiger partial charge is 0.497 e. The van der Waals surface area contributed by atoms with E-state index in [1.807, 2.05) is 29.2 Å². The summed E-state index contributed by atoms with van der Waals surface area (Å²) in [6.07, 6.45) is 1.82. The van der Waals surface area contributed by atoms with Crippen LogP contribution in [0.5, 0.6) is 17.2 Å². The van der Waals surface area contributed by atoms with Crippen molar-refractivity contribution in [2.24, 2.45) is 0 Å². The van der Waals surface area contributed by atoms with Crippen molar-refractivity contribution in [3.8, 4) is 17.2 Å². The summed E-state index contributed by atoms with van der Waals surface area (Å²) in [6, 6.07) is 11.0. The summed E-state index contributed by atoms with van der Waals surface area (Å²) >= 11 is 9.51. The van der Waals surface area contributed by atoms with E-state index in [-0.39, 0.29) is 18.6 Å². The Morgan fingerprint density at radius 3 is 2.70 bits per heavy atom. The first kappa shape index (κ1) is 19.8.